The molecule has 3 N–H and O–H groups in total. The molecule has 13 heavy (non-hydrogen) atoms. The second-order valence-corrected chi connectivity index (χ2v) is 2.19. The maximum Gasteiger partial charge on any atom is 0.338 e. The Balaban J connectivity index is 3.17. The highest BCUT2D eigenvalue weighted by Gasteiger charge is 2.13. The van der Waals surface area contributed by atoms with Gasteiger partial charge in [0.25, 0.3) is 0 Å². The smallest absolute Gasteiger partial charge is 0.338 e. The highest BCUT2D eigenvalue weighted by Crippen LogP contribution is 2.26. The molecule has 0 aliphatic rings. The van der Waals surface area contributed by atoms with Gasteiger partial charge in [0, 0.05) is 0 Å². The topological polar surface area (TPSA) is 98.7 Å². The number of anilines is 1. The van der Waals surface area contributed by atoms with Crippen molar-refractivity contribution < 1.29 is 25.3 Å². The number of para-hydroxylation sites is 1. The molecule has 69 valence electrons. The molecule has 0 unspecified atom stereocenters. The Morgan fingerprint density at radius 1 is 1.46 bits per heavy atom. The van der Waals surface area contributed by atoms with Gasteiger partial charge in [0.1, 0.15) is 11.4 Å². The molecule has 0 saturated carbocycles. The Morgan fingerprint density at radius 2 is 2.15 bits per heavy atom. The SMILES string of the molecule is [O]ONc1c(O)cccc1C(=O)O. The molecule has 0 atom stereocenters. The van der Waals surface area contributed by atoms with Crippen LogP contribution in [0.5, 0.6) is 5.75 Å². The van der Waals surface area contributed by atoms with Gasteiger partial charge in [-0.2, -0.15) is 0 Å². The fourth-order valence-electron chi connectivity index (χ4n) is 0.867. The number of aromatic carboxylic acids is 1. The van der Waals surface area contributed by atoms with Crippen molar-refractivity contribution in [2.75, 3.05) is 5.48 Å². The maximum atomic E-state index is 10.5. The lowest BCUT2D eigenvalue weighted by molar-refractivity contribution is -0.280. The summed E-state index contributed by atoms with van der Waals surface area (Å²) in [5.74, 6) is -1.63. The summed E-state index contributed by atoms with van der Waals surface area (Å²) in [6.45, 7) is 0. The monoisotopic (exact) mass is 184 g/mol. The van der Waals surface area contributed by atoms with Crippen LogP contribution in [0.25, 0.3) is 0 Å². The molecular formula is C7H6NO5. The highest BCUT2D eigenvalue weighted by molar-refractivity contribution is 5.95. The van der Waals surface area contributed by atoms with Crippen molar-refractivity contribution in [3.63, 3.8) is 0 Å². The van der Waals surface area contributed by atoms with Crippen molar-refractivity contribution in [1.82, 2.24) is 0 Å². The molecule has 6 heteroatoms. The number of hydrogen-bond acceptors (Lipinski definition) is 4. The number of aromatic hydroxyl groups is 1. The van der Waals surface area contributed by atoms with E-state index in [9.17, 15) is 10.1 Å². The third kappa shape index (κ3) is 1.86. The molecule has 0 bridgehead atoms. The van der Waals surface area contributed by atoms with Gasteiger partial charge in [-0.1, -0.05) is 11.1 Å². The summed E-state index contributed by atoms with van der Waals surface area (Å²) < 4.78 is 0. The van der Waals surface area contributed by atoms with Crippen LogP contribution in [0.1, 0.15) is 10.4 Å². The van der Waals surface area contributed by atoms with Crippen LogP contribution < -0.4 is 5.48 Å². The third-order valence-corrected chi connectivity index (χ3v) is 1.42. The molecule has 0 amide bonds. The fraction of sp³-hybridized carbons (Fsp3) is 0. The Bertz CT molecular complexity index is 325. The Morgan fingerprint density at radius 3 is 2.69 bits per heavy atom. The molecule has 0 saturated heterocycles. The van der Waals surface area contributed by atoms with Crippen LogP contribution in [0.3, 0.4) is 0 Å². The zero-order valence-electron chi connectivity index (χ0n) is 6.35. The van der Waals surface area contributed by atoms with Crippen LogP contribution in [0.2, 0.25) is 0 Å². The van der Waals surface area contributed by atoms with E-state index in [1.165, 1.54) is 18.2 Å². The summed E-state index contributed by atoms with van der Waals surface area (Å²) in [5.41, 5.74) is 1.24. The van der Waals surface area contributed by atoms with E-state index >= 15 is 0 Å². The average Bonchev–Trinajstić information content (AvgIpc) is 2.08. The molecular weight excluding hydrogens is 178 g/mol. The van der Waals surface area contributed by atoms with Crippen LogP contribution in [0.15, 0.2) is 18.2 Å². The molecule has 0 fully saturated rings. The molecule has 0 heterocycles. The fourth-order valence-corrected chi connectivity index (χ4v) is 0.867. The highest BCUT2D eigenvalue weighted by atomic mass is 17.2. The standard InChI is InChI=1S/C7H6NO5/c9-5-3-1-2-4(7(10)11)6(5)8-13-12/h1-3,8-9H,(H,10,11). The third-order valence-electron chi connectivity index (χ3n) is 1.42. The Kier molecular flexibility index (Phi) is 2.68. The quantitative estimate of drug-likeness (QED) is 0.366. The van der Waals surface area contributed by atoms with E-state index in [1.54, 1.807) is 5.48 Å². The molecule has 1 aromatic carbocycles. The Hall–Kier alpha value is -1.79. The zero-order chi connectivity index (χ0) is 9.84. The average molecular weight is 184 g/mol. The van der Waals surface area contributed by atoms with Gasteiger partial charge in [-0.3, -0.25) is 0 Å². The molecule has 0 aliphatic heterocycles. The molecule has 1 radical (unpaired) electrons. The number of phenols is 1. The largest absolute Gasteiger partial charge is 0.506 e. The summed E-state index contributed by atoms with van der Waals surface area (Å²) in [7, 11) is 0. The van der Waals surface area contributed by atoms with Crippen molar-refractivity contribution in [3.05, 3.63) is 23.8 Å². The number of benzene rings is 1. The van der Waals surface area contributed by atoms with Gasteiger partial charge >= 0.3 is 5.97 Å². The predicted octanol–water partition coefficient (Wildman–Crippen LogP) is 0.779. The molecule has 0 aliphatic carbocycles. The summed E-state index contributed by atoms with van der Waals surface area (Å²) >= 11 is 0. The second-order valence-electron chi connectivity index (χ2n) is 2.19. The molecule has 1 rings (SSSR count). The van der Waals surface area contributed by atoms with Crippen LogP contribution in [-0.2, 0) is 10.2 Å². The van der Waals surface area contributed by atoms with E-state index in [2.05, 4.69) is 4.99 Å². The van der Waals surface area contributed by atoms with E-state index in [0.29, 0.717) is 0 Å². The molecule has 0 spiro atoms. The van der Waals surface area contributed by atoms with Crippen molar-refractivity contribution in [3.8, 4) is 5.75 Å². The maximum absolute atomic E-state index is 10.5. The number of carboxylic acids is 1. The lowest BCUT2D eigenvalue weighted by Crippen LogP contribution is -2.04. The number of nitrogens with one attached hydrogen (secondary N) is 1. The van der Waals surface area contributed by atoms with E-state index in [1.807, 2.05) is 0 Å². The van der Waals surface area contributed by atoms with Crippen molar-refractivity contribution in [2.45, 2.75) is 0 Å². The summed E-state index contributed by atoms with van der Waals surface area (Å²) in [4.78, 5) is 13.8. The summed E-state index contributed by atoms with van der Waals surface area (Å²) in [6.07, 6.45) is 0. The van der Waals surface area contributed by atoms with E-state index in [4.69, 9.17) is 10.2 Å². The van der Waals surface area contributed by atoms with Crippen molar-refractivity contribution in [2.24, 2.45) is 0 Å². The van der Waals surface area contributed by atoms with Crippen LogP contribution >= 0.6 is 0 Å². The second kappa shape index (κ2) is 3.74. The minimum absolute atomic E-state index is 0.240. The van der Waals surface area contributed by atoms with Crippen LogP contribution in [0.4, 0.5) is 5.69 Å². The van der Waals surface area contributed by atoms with E-state index in [0.717, 1.165) is 0 Å². The lowest BCUT2D eigenvalue weighted by Gasteiger charge is -2.05. The minimum Gasteiger partial charge on any atom is -0.506 e. The zero-order valence-corrected chi connectivity index (χ0v) is 6.35. The Labute approximate surface area is 72.9 Å². The number of hydrogen-bond donors (Lipinski definition) is 3. The molecule has 0 aromatic heterocycles. The van der Waals surface area contributed by atoms with Gasteiger partial charge in [0.2, 0.25) is 0 Å². The lowest BCUT2D eigenvalue weighted by atomic mass is 10.1. The van der Waals surface area contributed by atoms with Crippen molar-refractivity contribution in [1.29, 1.82) is 0 Å². The predicted molar refractivity (Wildman–Crippen MR) is 40.5 cm³/mol. The minimum atomic E-state index is -1.27. The first kappa shape index (κ1) is 9.30. The number of rotatable bonds is 3. The first-order chi connectivity index (χ1) is 6.16. The number of phenolic OH excluding ortho intramolecular Hbond substituents is 1. The number of carbonyl (C=O) groups is 1. The molecule has 6 nitrogen and oxygen atoms in total. The summed E-state index contributed by atoms with van der Waals surface area (Å²) in [6, 6.07) is 3.80. The number of carboxylic acid groups (broad SMARTS) is 1. The van der Waals surface area contributed by atoms with Gasteiger partial charge in [-0.15, -0.1) is 0 Å². The van der Waals surface area contributed by atoms with Gasteiger partial charge in [0.15, 0.2) is 0 Å². The van der Waals surface area contributed by atoms with E-state index in [-0.39, 0.29) is 17.0 Å². The van der Waals surface area contributed by atoms with E-state index < -0.39 is 5.97 Å². The van der Waals surface area contributed by atoms with Crippen LogP contribution in [-0.4, -0.2) is 16.2 Å². The normalized spacial score (nSPS) is 9.62. The van der Waals surface area contributed by atoms with Crippen molar-refractivity contribution >= 4 is 11.7 Å². The van der Waals surface area contributed by atoms with Gasteiger partial charge in [0.05, 0.1) is 5.56 Å². The van der Waals surface area contributed by atoms with Gasteiger partial charge < -0.3 is 10.2 Å². The van der Waals surface area contributed by atoms with Gasteiger partial charge in [-0.05, 0) is 17.4 Å². The first-order valence-electron chi connectivity index (χ1n) is 3.27. The van der Waals surface area contributed by atoms with Gasteiger partial charge in [-0.25, -0.2) is 10.3 Å². The first-order valence-corrected chi connectivity index (χ1v) is 3.27. The summed E-state index contributed by atoms with van der Waals surface area (Å²) in [5, 5.41) is 27.4. The van der Waals surface area contributed by atoms with Crippen LogP contribution in [0, 0.1) is 0 Å². The molecule has 1 aromatic rings.